The van der Waals surface area contributed by atoms with Gasteiger partial charge in [-0.15, -0.1) is 0 Å². The van der Waals surface area contributed by atoms with Crippen LogP contribution in [0.15, 0.2) is 0 Å². The SMILES string of the molecule is CC(C)C1CCN(CC(C)(C)CN)CC1. The van der Waals surface area contributed by atoms with Gasteiger partial charge < -0.3 is 10.6 Å². The summed E-state index contributed by atoms with van der Waals surface area (Å²) in [6.07, 6.45) is 2.75. The first kappa shape index (κ1) is 13.0. The molecule has 0 aromatic heterocycles. The molecule has 0 atom stereocenters. The Bertz CT molecular complexity index is 179. The summed E-state index contributed by atoms with van der Waals surface area (Å²) in [5.74, 6) is 1.80. The first-order chi connectivity index (χ1) is 6.94. The van der Waals surface area contributed by atoms with Crippen molar-refractivity contribution in [3.63, 3.8) is 0 Å². The third-order valence-corrected chi connectivity index (χ3v) is 3.78. The molecule has 0 aromatic rings. The zero-order valence-corrected chi connectivity index (χ0v) is 10.9. The zero-order chi connectivity index (χ0) is 11.5. The summed E-state index contributed by atoms with van der Waals surface area (Å²) < 4.78 is 0. The van der Waals surface area contributed by atoms with Gasteiger partial charge in [0.25, 0.3) is 0 Å². The molecule has 2 heteroatoms. The third kappa shape index (κ3) is 4.12. The molecule has 90 valence electrons. The number of nitrogens with two attached hydrogens (primary N) is 1. The van der Waals surface area contributed by atoms with Gasteiger partial charge in [-0.25, -0.2) is 0 Å². The standard InChI is InChI=1S/C13H28N2/c1-11(2)12-5-7-15(8-6-12)10-13(3,4)9-14/h11-12H,5-10,14H2,1-4H3. The van der Waals surface area contributed by atoms with Crippen LogP contribution < -0.4 is 5.73 Å². The fourth-order valence-electron chi connectivity index (χ4n) is 2.45. The van der Waals surface area contributed by atoms with Crippen LogP contribution in [0.2, 0.25) is 0 Å². The molecule has 0 spiro atoms. The van der Waals surface area contributed by atoms with E-state index >= 15 is 0 Å². The highest BCUT2D eigenvalue weighted by Gasteiger charge is 2.25. The lowest BCUT2D eigenvalue weighted by atomic mass is 9.85. The molecule has 0 bridgehead atoms. The van der Waals surface area contributed by atoms with Gasteiger partial charge in [0.15, 0.2) is 0 Å². The fourth-order valence-corrected chi connectivity index (χ4v) is 2.45. The minimum Gasteiger partial charge on any atom is -0.330 e. The lowest BCUT2D eigenvalue weighted by Crippen LogP contribution is -2.43. The van der Waals surface area contributed by atoms with Gasteiger partial charge >= 0.3 is 0 Å². The Morgan fingerprint density at radius 3 is 2.20 bits per heavy atom. The molecule has 1 aliphatic rings. The molecule has 1 rings (SSSR count). The molecule has 1 fully saturated rings. The molecule has 1 heterocycles. The number of nitrogens with zero attached hydrogens (tertiary/aromatic N) is 1. The summed E-state index contributed by atoms with van der Waals surface area (Å²) >= 11 is 0. The molecule has 2 nitrogen and oxygen atoms in total. The summed E-state index contributed by atoms with van der Waals surface area (Å²) in [5, 5.41) is 0. The summed E-state index contributed by atoms with van der Waals surface area (Å²) in [6.45, 7) is 13.7. The minimum atomic E-state index is 0.282. The Balaban J connectivity index is 2.32. The van der Waals surface area contributed by atoms with Gasteiger partial charge in [0.2, 0.25) is 0 Å². The Morgan fingerprint density at radius 2 is 1.80 bits per heavy atom. The van der Waals surface area contributed by atoms with E-state index in [4.69, 9.17) is 5.73 Å². The summed E-state index contributed by atoms with van der Waals surface area (Å²) in [6, 6.07) is 0. The largest absolute Gasteiger partial charge is 0.330 e. The molecule has 0 saturated carbocycles. The maximum Gasteiger partial charge on any atom is 0.00448 e. The van der Waals surface area contributed by atoms with Crippen LogP contribution in [0.25, 0.3) is 0 Å². The topological polar surface area (TPSA) is 29.3 Å². The molecule has 0 unspecified atom stereocenters. The van der Waals surface area contributed by atoms with E-state index in [1.165, 1.54) is 25.9 Å². The van der Waals surface area contributed by atoms with Crippen LogP contribution in [-0.2, 0) is 0 Å². The maximum atomic E-state index is 5.77. The van der Waals surface area contributed by atoms with Crippen LogP contribution in [-0.4, -0.2) is 31.1 Å². The predicted octanol–water partition coefficient (Wildman–Crippen LogP) is 2.34. The van der Waals surface area contributed by atoms with Gasteiger partial charge in [-0.2, -0.15) is 0 Å². The van der Waals surface area contributed by atoms with Gasteiger partial charge in [-0.1, -0.05) is 27.7 Å². The number of hydrogen-bond acceptors (Lipinski definition) is 2. The molecule has 2 N–H and O–H groups in total. The number of rotatable bonds is 4. The molecule has 0 radical (unpaired) electrons. The second kappa shape index (κ2) is 5.31. The smallest absolute Gasteiger partial charge is 0.00448 e. The van der Waals surface area contributed by atoms with Crippen LogP contribution >= 0.6 is 0 Å². The van der Waals surface area contributed by atoms with Crippen LogP contribution in [0, 0.1) is 17.3 Å². The maximum absolute atomic E-state index is 5.77. The van der Waals surface area contributed by atoms with Gasteiger partial charge in [-0.05, 0) is 49.7 Å². The number of hydrogen-bond donors (Lipinski definition) is 1. The van der Waals surface area contributed by atoms with Gasteiger partial charge in [-0.3, -0.25) is 0 Å². The van der Waals surface area contributed by atoms with Crippen molar-refractivity contribution in [3.05, 3.63) is 0 Å². The Labute approximate surface area is 95.2 Å². The highest BCUT2D eigenvalue weighted by atomic mass is 15.1. The average Bonchev–Trinajstić information content (AvgIpc) is 2.18. The van der Waals surface area contributed by atoms with E-state index in [1.807, 2.05) is 0 Å². The molecule has 15 heavy (non-hydrogen) atoms. The predicted molar refractivity (Wildman–Crippen MR) is 66.8 cm³/mol. The molecule has 1 saturated heterocycles. The van der Waals surface area contributed by atoms with Crippen LogP contribution in [0.4, 0.5) is 0 Å². The molecular weight excluding hydrogens is 184 g/mol. The Hall–Kier alpha value is -0.0800. The number of likely N-dealkylation sites (tertiary alicyclic amines) is 1. The highest BCUT2D eigenvalue weighted by molar-refractivity contribution is 4.79. The molecular formula is C13H28N2. The van der Waals surface area contributed by atoms with Gasteiger partial charge in [0.1, 0.15) is 0 Å². The van der Waals surface area contributed by atoms with Crippen molar-refractivity contribution in [2.24, 2.45) is 23.0 Å². The molecule has 0 amide bonds. The molecule has 0 aliphatic carbocycles. The molecule has 0 aromatic carbocycles. The van der Waals surface area contributed by atoms with Crippen molar-refractivity contribution >= 4 is 0 Å². The third-order valence-electron chi connectivity index (χ3n) is 3.78. The highest BCUT2D eigenvalue weighted by Crippen LogP contribution is 2.26. The van der Waals surface area contributed by atoms with E-state index in [9.17, 15) is 0 Å². The van der Waals surface area contributed by atoms with Crippen LogP contribution in [0.5, 0.6) is 0 Å². The monoisotopic (exact) mass is 212 g/mol. The van der Waals surface area contributed by atoms with Crippen LogP contribution in [0.1, 0.15) is 40.5 Å². The Kier molecular flexibility index (Phi) is 4.60. The average molecular weight is 212 g/mol. The van der Waals surface area contributed by atoms with E-state index in [2.05, 4.69) is 32.6 Å². The van der Waals surface area contributed by atoms with Crippen molar-refractivity contribution in [1.29, 1.82) is 0 Å². The zero-order valence-electron chi connectivity index (χ0n) is 10.9. The summed E-state index contributed by atoms with van der Waals surface area (Å²) in [5.41, 5.74) is 6.05. The lowest BCUT2D eigenvalue weighted by molar-refractivity contribution is 0.116. The number of piperidine rings is 1. The van der Waals surface area contributed by atoms with E-state index in [1.54, 1.807) is 0 Å². The van der Waals surface area contributed by atoms with Crippen molar-refractivity contribution in [3.8, 4) is 0 Å². The van der Waals surface area contributed by atoms with Crippen LogP contribution in [0.3, 0.4) is 0 Å². The Morgan fingerprint density at radius 1 is 1.27 bits per heavy atom. The summed E-state index contributed by atoms with van der Waals surface area (Å²) in [7, 11) is 0. The lowest BCUT2D eigenvalue weighted by Gasteiger charge is -2.38. The minimum absolute atomic E-state index is 0.282. The molecule has 1 aliphatic heterocycles. The van der Waals surface area contributed by atoms with E-state index in [0.717, 1.165) is 24.9 Å². The van der Waals surface area contributed by atoms with E-state index < -0.39 is 0 Å². The van der Waals surface area contributed by atoms with Gasteiger partial charge in [0, 0.05) is 6.54 Å². The second-order valence-electron chi connectivity index (χ2n) is 6.23. The van der Waals surface area contributed by atoms with E-state index in [0.29, 0.717) is 0 Å². The summed E-state index contributed by atoms with van der Waals surface area (Å²) in [4.78, 5) is 2.59. The fraction of sp³-hybridized carbons (Fsp3) is 1.00. The first-order valence-corrected chi connectivity index (χ1v) is 6.37. The normalized spacial score (nSPS) is 21.2. The quantitative estimate of drug-likeness (QED) is 0.775. The van der Waals surface area contributed by atoms with Crippen molar-refractivity contribution < 1.29 is 0 Å². The van der Waals surface area contributed by atoms with Crippen molar-refractivity contribution in [2.45, 2.75) is 40.5 Å². The van der Waals surface area contributed by atoms with Gasteiger partial charge in [0.05, 0.1) is 0 Å². The van der Waals surface area contributed by atoms with E-state index in [-0.39, 0.29) is 5.41 Å². The second-order valence-corrected chi connectivity index (χ2v) is 6.23. The first-order valence-electron chi connectivity index (χ1n) is 6.37. The van der Waals surface area contributed by atoms with Crippen molar-refractivity contribution in [1.82, 2.24) is 4.90 Å². The van der Waals surface area contributed by atoms with Crippen molar-refractivity contribution in [2.75, 3.05) is 26.2 Å².